The summed E-state index contributed by atoms with van der Waals surface area (Å²) >= 11 is 6.14. The summed E-state index contributed by atoms with van der Waals surface area (Å²) in [7, 11) is 0. The van der Waals surface area contributed by atoms with Crippen LogP contribution in [0.5, 0.6) is 0 Å². The van der Waals surface area contributed by atoms with E-state index in [1.54, 1.807) is 11.3 Å². The van der Waals surface area contributed by atoms with Crippen molar-refractivity contribution in [2.24, 2.45) is 0 Å². The van der Waals surface area contributed by atoms with Crippen LogP contribution in [-0.4, -0.2) is 4.98 Å². The van der Waals surface area contributed by atoms with Crippen molar-refractivity contribution in [2.75, 3.05) is 0 Å². The average molecular weight is 510 g/mol. The molecule has 0 N–H and O–H groups in total. The van der Waals surface area contributed by atoms with Gasteiger partial charge in [0.2, 0.25) is 0 Å². The molecule has 0 aliphatic heterocycles. The zero-order valence-electron chi connectivity index (χ0n) is 20.1. The van der Waals surface area contributed by atoms with Crippen molar-refractivity contribution in [3.8, 4) is 33.4 Å². The maximum absolute atomic E-state index is 4.58. The first-order chi connectivity index (χ1) is 18.3. The Morgan fingerprint density at radius 1 is 0.568 bits per heavy atom. The van der Waals surface area contributed by atoms with Gasteiger partial charge in [0.1, 0.15) is 4.83 Å². The van der Waals surface area contributed by atoms with Crippen LogP contribution in [0.3, 0.4) is 0 Å². The van der Waals surface area contributed by atoms with Crippen molar-refractivity contribution >= 4 is 55.0 Å². The second kappa shape index (κ2) is 9.19. The molecular formula is C34H23NS2. The molecule has 37 heavy (non-hydrogen) atoms. The molecule has 5 aromatic carbocycles. The largest absolute Gasteiger partial charge is 0.245 e. The van der Waals surface area contributed by atoms with Gasteiger partial charge in [0, 0.05) is 27.4 Å². The fraction of sp³-hybridized carbons (Fsp3) is 0.0294. The Morgan fingerprint density at radius 3 is 1.84 bits per heavy atom. The Morgan fingerprint density at radius 2 is 1.16 bits per heavy atom. The Bertz CT molecular complexity index is 1900. The smallest absolute Gasteiger partial charge is 0.124 e. The second-order valence-corrected chi connectivity index (χ2v) is 10.7. The second-order valence-electron chi connectivity index (χ2n) is 9.35. The van der Waals surface area contributed by atoms with Crippen molar-refractivity contribution in [3.05, 3.63) is 127 Å². The molecule has 7 aromatic rings. The van der Waals surface area contributed by atoms with Crippen molar-refractivity contribution in [2.45, 2.75) is 5.75 Å². The maximum atomic E-state index is 4.58. The van der Waals surface area contributed by atoms with Crippen molar-refractivity contribution in [1.82, 2.24) is 4.98 Å². The number of hydrogen-bond donors (Lipinski definition) is 1. The van der Waals surface area contributed by atoms with Crippen molar-refractivity contribution in [1.29, 1.82) is 0 Å². The van der Waals surface area contributed by atoms with Gasteiger partial charge in [-0.15, -0.1) is 11.3 Å². The normalized spacial score (nSPS) is 11.5. The van der Waals surface area contributed by atoms with Crippen LogP contribution in [0.4, 0.5) is 0 Å². The third-order valence-electron chi connectivity index (χ3n) is 7.11. The van der Waals surface area contributed by atoms with Crippen LogP contribution in [0, 0.1) is 0 Å². The van der Waals surface area contributed by atoms with Gasteiger partial charge in [-0.1, -0.05) is 91.0 Å². The number of benzene rings is 5. The van der Waals surface area contributed by atoms with E-state index in [0.29, 0.717) is 0 Å². The molecule has 176 valence electrons. The van der Waals surface area contributed by atoms with Gasteiger partial charge in [-0.25, -0.2) is 4.98 Å². The molecular weight excluding hydrogens is 487 g/mol. The summed E-state index contributed by atoms with van der Waals surface area (Å²) in [4.78, 5) is 5.67. The molecule has 2 aromatic heterocycles. The number of aromatic nitrogens is 1. The lowest BCUT2D eigenvalue weighted by molar-refractivity contribution is 1.43. The van der Waals surface area contributed by atoms with E-state index >= 15 is 0 Å². The van der Waals surface area contributed by atoms with Crippen LogP contribution in [0.1, 0.15) is 5.56 Å². The van der Waals surface area contributed by atoms with Crippen LogP contribution in [0.25, 0.3) is 64.5 Å². The van der Waals surface area contributed by atoms with Crippen molar-refractivity contribution in [3.63, 3.8) is 0 Å². The van der Waals surface area contributed by atoms with Gasteiger partial charge in [0.05, 0.1) is 0 Å². The lowest BCUT2D eigenvalue weighted by atomic mass is 9.96. The summed E-state index contributed by atoms with van der Waals surface area (Å²) in [5, 5.41) is 5.01. The number of thiophene rings is 1. The van der Waals surface area contributed by atoms with E-state index < -0.39 is 0 Å². The molecule has 0 atom stereocenters. The molecule has 0 spiro atoms. The molecule has 0 fully saturated rings. The fourth-order valence-electron chi connectivity index (χ4n) is 5.11. The minimum absolute atomic E-state index is 0.764. The molecule has 0 radical (unpaired) electrons. The minimum atomic E-state index is 0.764. The highest BCUT2D eigenvalue weighted by Gasteiger charge is 2.11. The van der Waals surface area contributed by atoms with Gasteiger partial charge in [0.15, 0.2) is 0 Å². The predicted octanol–water partition coefficient (Wildman–Crippen LogP) is 10.0. The van der Waals surface area contributed by atoms with Gasteiger partial charge >= 0.3 is 0 Å². The summed E-state index contributed by atoms with van der Waals surface area (Å²) in [6.45, 7) is 0. The number of hydrogen-bond acceptors (Lipinski definition) is 3. The van der Waals surface area contributed by atoms with Gasteiger partial charge in [-0.2, -0.15) is 12.6 Å². The lowest BCUT2D eigenvalue weighted by Crippen LogP contribution is -1.84. The molecule has 3 heteroatoms. The molecule has 0 saturated carbocycles. The van der Waals surface area contributed by atoms with Gasteiger partial charge in [-0.05, 0) is 74.0 Å². The lowest BCUT2D eigenvalue weighted by Gasteiger charge is -2.09. The maximum Gasteiger partial charge on any atom is 0.124 e. The summed E-state index contributed by atoms with van der Waals surface area (Å²) < 4.78 is 1.30. The molecule has 0 saturated heterocycles. The highest BCUT2D eigenvalue weighted by Crippen LogP contribution is 2.39. The molecule has 7 rings (SSSR count). The standard InChI is InChI=1S/C34H23NS2/c36-21-22-6-8-23(9-7-22)26-14-16-29-20-27(15-17-28(29)19-26)24-10-12-25(13-11-24)30-3-1-4-31-32-5-2-18-35-34(32)37-33(30)31/h1-20,36H,21H2. The zero-order chi connectivity index (χ0) is 24.8. The monoisotopic (exact) mass is 509 g/mol. The van der Waals surface area contributed by atoms with Crippen LogP contribution in [-0.2, 0) is 5.75 Å². The highest BCUT2D eigenvalue weighted by molar-refractivity contribution is 7.79. The molecule has 0 bridgehead atoms. The zero-order valence-corrected chi connectivity index (χ0v) is 21.8. The van der Waals surface area contributed by atoms with E-state index in [4.69, 9.17) is 0 Å². The molecule has 0 aliphatic carbocycles. The quantitative estimate of drug-likeness (QED) is 0.233. The fourth-order valence-corrected chi connectivity index (χ4v) is 6.50. The Kier molecular flexibility index (Phi) is 5.53. The summed E-state index contributed by atoms with van der Waals surface area (Å²) in [6.07, 6.45) is 1.87. The summed E-state index contributed by atoms with van der Waals surface area (Å²) in [6, 6.07) is 41.8. The van der Waals surface area contributed by atoms with Gasteiger partial charge in [-0.3, -0.25) is 0 Å². The minimum Gasteiger partial charge on any atom is -0.245 e. The van der Waals surface area contributed by atoms with Crippen LogP contribution < -0.4 is 0 Å². The van der Waals surface area contributed by atoms with E-state index in [-0.39, 0.29) is 0 Å². The average Bonchev–Trinajstić information content (AvgIpc) is 3.36. The number of thiol groups is 1. The van der Waals surface area contributed by atoms with Crippen LogP contribution >= 0.6 is 24.0 Å². The molecule has 1 nitrogen and oxygen atoms in total. The molecule has 0 amide bonds. The van der Waals surface area contributed by atoms with Gasteiger partial charge in [0.25, 0.3) is 0 Å². The predicted molar refractivity (Wildman–Crippen MR) is 164 cm³/mol. The van der Waals surface area contributed by atoms with E-state index in [1.807, 2.05) is 12.3 Å². The van der Waals surface area contributed by atoms with Crippen LogP contribution in [0.2, 0.25) is 0 Å². The third kappa shape index (κ3) is 4.01. The Labute approximate surface area is 225 Å². The van der Waals surface area contributed by atoms with Crippen LogP contribution in [0.15, 0.2) is 121 Å². The number of nitrogens with zero attached hydrogens (tertiary/aromatic N) is 1. The van der Waals surface area contributed by atoms with E-state index in [0.717, 1.165) is 10.6 Å². The Hall–Kier alpha value is -3.92. The molecule has 0 unspecified atom stereocenters. The number of pyridine rings is 1. The summed E-state index contributed by atoms with van der Waals surface area (Å²) in [5.74, 6) is 0.764. The SMILES string of the molecule is SCc1ccc(-c2ccc3cc(-c4ccc(-c5cccc6c5sc5ncccc56)cc4)ccc3c2)cc1. The Balaban J connectivity index is 1.21. The topological polar surface area (TPSA) is 12.9 Å². The first-order valence-corrected chi connectivity index (χ1v) is 13.8. The van der Waals surface area contributed by atoms with E-state index in [2.05, 4.69) is 127 Å². The number of fused-ring (bicyclic) bond motifs is 4. The van der Waals surface area contributed by atoms with E-state index in [9.17, 15) is 0 Å². The third-order valence-corrected chi connectivity index (χ3v) is 8.64. The first-order valence-electron chi connectivity index (χ1n) is 12.4. The highest BCUT2D eigenvalue weighted by atomic mass is 32.1. The van der Waals surface area contributed by atoms with E-state index in [1.165, 1.54) is 65.2 Å². The van der Waals surface area contributed by atoms with Gasteiger partial charge < -0.3 is 0 Å². The summed E-state index contributed by atoms with van der Waals surface area (Å²) in [5.41, 5.74) is 8.66. The van der Waals surface area contributed by atoms with Crippen molar-refractivity contribution < 1.29 is 0 Å². The number of rotatable bonds is 4. The molecule has 0 aliphatic rings. The molecule has 2 heterocycles. The first kappa shape index (κ1) is 22.3.